The van der Waals surface area contributed by atoms with Crippen LogP contribution in [0.4, 0.5) is 0 Å². The van der Waals surface area contributed by atoms with Gasteiger partial charge in [-0.1, -0.05) is 22.6 Å². The maximum Gasteiger partial charge on any atom is 0.172 e. The quantitative estimate of drug-likeness (QED) is 0.198. The van der Waals surface area contributed by atoms with Crippen LogP contribution in [0.1, 0.15) is 0 Å². The van der Waals surface area contributed by atoms with E-state index in [1.54, 1.807) is 74.7 Å². The molecule has 0 amide bonds. The molecular weight excluding hydrogens is 592 g/mol. The van der Waals surface area contributed by atoms with Gasteiger partial charge < -0.3 is 28.4 Å². The number of benzene rings is 2. The minimum atomic E-state index is 0.344. The van der Waals surface area contributed by atoms with E-state index in [4.69, 9.17) is 28.4 Å². The lowest BCUT2D eigenvalue weighted by Crippen LogP contribution is -2.08. The van der Waals surface area contributed by atoms with Gasteiger partial charge in [0.2, 0.25) is 0 Å². The summed E-state index contributed by atoms with van der Waals surface area (Å²) in [6.45, 7) is 0. The molecule has 0 unspecified atom stereocenters. The molecule has 6 aromatic rings. The average Bonchev–Trinajstić information content (AvgIpc) is 3.81. The molecule has 2 aromatic carbocycles. The molecule has 0 saturated carbocycles. The van der Waals surface area contributed by atoms with Gasteiger partial charge >= 0.3 is 0 Å². The Morgan fingerprint density at radius 3 is 1.22 bits per heavy atom. The summed E-state index contributed by atoms with van der Waals surface area (Å²) in [5.74, 6) is 2.18. The number of hydrogen-bond donors (Lipinski definition) is 0. The van der Waals surface area contributed by atoms with Crippen molar-refractivity contribution in [3.63, 3.8) is 0 Å². The second kappa shape index (κ2) is 12.8. The molecule has 14 nitrogen and oxygen atoms in total. The van der Waals surface area contributed by atoms with Crippen molar-refractivity contribution in [2.75, 3.05) is 42.7 Å². The Labute approximate surface area is 264 Å². The monoisotopic (exact) mass is 622 g/mol. The number of nitrogens with zero attached hydrogens (tertiary/aromatic N) is 8. The minimum absolute atomic E-state index is 0.344. The van der Waals surface area contributed by atoms with Crippen molar-refractivity contribution < 1.29 is 28.4 Å². The SMILES string of the molecule is COc1cc(-n2cc(-c3ccccn3)nn2)c(OC)c(-c2c(OC)c(OC)cc(-n3cc(-c4ccccn4)nn3)c2OC)c1OC. The van der Waals surface area contributed by atoms with Crippen molar-refractivity contribution >= 4 is 0 Å². The number of aromatic nitrogens is 8. The van der Waals surface area contributed by atoms with E-state index in [9.17, 15) is 0 Å². The van der Waals surface area contributed by atoms with Crippen LogP contribution in [-0.2, 0) is 0 Å². The molecule has 46 heavy (non-hydrogen) atoms. The summed E-state index contributed by atoms with van der Waals surface area (Å²) in [6, 6.07) is 14.6. The highest BCUT2D eigenvalue weighted by molar-refractivity contribution is 5.93. The number of ether oxygens (including phenoxy) is 6. The third-order valence-corrected chi connectivity index (χ3v) is 7.20. The van der Waals surface area contributed by atoms with Crippen molar-refractivity contribution in [1.29, 1.82) is 0 Å². The van der Waals surface area contributed by atoms with Crippen LogP contribution in [0.5, 0.6) is 34.5 Å². The molecule has 0 aliphatic carbocycles. The van der Waals surface area contributed by atoms with E-state index in [0.717, 1.165) is 0 Å². The van der Waals surface area contributed by atoms with Gasteiger partial charge in [0, 0.05) is 24.5 Å². The first-order chi connectivity index (χ1) is 22.6. The average molecular weight is 623 g/mol. The molecular formula is C32H30N8O6. The number of rotatable bonds is 11. The lowest BCUT2D eigenvalue weighted by Gasteiger charge is -2.24. The fraction of sp³-hybridized carbons (Fsp3) is 0.188. The smallest absolute Gasteiger partial charge is 0.172 e. The zero-order valence-corrected chi connectivity index (χ0v) is 26.0. The minimum Gasteiger partial charge on any atom is -0.494 e. The molecule has 0 spiro atoms. The van der Waals surface area contributed by atoms with Crippen LogP contribution in [0.25, 0.3) is 45.3 Å². The first-order valence-electron chi connectivity index (χ1n) is 13.9. The number of pyridine rings is 2. The van der Waals surface area contributed by atoms with Gasteiger partial charge in [-0.25, -0.2) is 9.36 Å². The standard InChI is InChI=1S/C32H30N8O6/c1-41-25-15-23(39-17-21(35-37-39)19-11-7-9-13-33-19)29(43-3)27(31(25)45-5)28-30(44-4)24(16-26(42-2)32(28)46-6)40-18-22(36-38-40)20-12-8-10-14-34-20/h7-18H,1-6H3. The zero-order valence-electron chi connectivity index (χ0n) is 26.0. The number of methoxy groups -OCH3 is 6. The fourth-order valence-electron chi connectivity index (χ4n) is 5.16. The predicted octanol–water partition coefficient (Wildman–Crippen LogP) is 4.69. The maximum atomic E-state index is 6.09. The predicted molar refractivity (Wildman–Crippen MR) is 167 cm³/mol. The van der Waals surface area contributed by atoms with E-state index in [1.807, 2.05) is 36.4 Å². The van der Waals surface area contributed by atoms with Crippen molar-refractivity contribution in [3.8, 4) is 79.8 Å². The molecule has 4 aromatic heterocycles. The topological polar surface area (TPSA) is 143 Å². The van der Waals surface area contributed by atoms with Gasteiger partial charge in [0.15, 0.2) is 34.5 Å². The molecule has 0 bridgehead atoms. The van der Waals surface area contributed by atoms with Crippen LogP contribution in [0.15, 0.2) is 73.3 Å². The zero-order chi connectivity index (χ0) is 32.2. The second-order valence-corrected chi connectivity index (χ2v) is 9.61. The summed E-state index contributed by atoms with van der Waals surface area (Å²) in [4.78, 5) is 8.79. The van der Waals surface area contributed by atoms with Crippen molar-refractivity contribution in [2.45, 2.75) is 0 Å². The third kappa shape index (κ3) is 5.15. The van der Waals surface area contributed by atoms with Crippen LogP contribution in [0.2, 0.25) is 0 Å². The van der Waals surface area contributed by atoms with Crippen molar-refractivity contribution in [1.82, 2.24) is 40.0 Å². The number of hydrogen-bond acceptors (Lipinski definition) is 12. The molecule has 0 radical (unpaired) electrons. The molecule has 0 N–H and O–H groups in total. The van der Waals surface area contributed by atoms with Crippen LogP contribution in [0.3, 0.4) is 0 Å². The van der Waals surface area contributed by atoms with E-state index >= 15 is 0 Å². The van der Waals surface area contributed by atoms with Crippen molar-refractivity contribution in [3.05, 3.63) is 73.3 Å². The molecule has 0 aliphatic heterocycles. The van der Waals surface area contributed by atoms with Gasteiger partial charge in [-0.2, -0.15) is 0 Å². The van der Waals surface area contributed by atoms with Crippen molar-refractivity contribution in [2.24, 2.45) is 0 Å². The molecule has 0 atom stereocenters. The summed E-state index contributed by atoms with van der Waals surface area (Å²) in [6.07, 6.45) is 6.87. The summed E-state index contributed by atoms with van der Waals surface area (Å²) in [5.41, 5.74) is 4.31. The Kier molecular flexibility index (Phi) is 8.32. The summed E-state index contributed by atoms with van der Waals surface area (Å²) < 4.78 is 38.9. The lowest BCUT2D eigenvalue weighted by atomic mass is 9.97. The van der Waals surface area contributed by atoms with Crippen LogP contribution in [-0.4, -0.2) is 82.6 Å². The molecule has 0 saturated heterocycles. The third-order valence-electron chi connectivity index (χ3n) is 7.20. The summed E-state index contributed by atoms with van der Waals surface area (Å²) in [5, 5.41) is 17.5. The Bertz CT molecular complexity index is 1840. The molecule has 6 rings (SSSR count). The van der Waals surface area contributed by atoms with Gasteiger partial charge in [0.25, 0.3) is 0 Å². The summed E-state index contributed by atoms with van der Waals surface area (Å²) in [7, 11) is 9.23. The molecule has 0 aliphatic rings. The molecule has 234 valence electrons. The highest BCUT2D eigenvalue weighted by atomic mass is 16.5. The van der Waals surface area contributed by atoms with Crippen LogP contribution < -0.4 is 28.4 Å². The Morgan fingerprint density at radius 2 is 0.891 bits per heavy atom. The first kappa shape index (κ1) is 29.9. The highest BCUT2D eigenvalue weighted by Gasteiger charge is 2.32. The van der Waals surface area contributed by atoms with Crippen LogP contribution in [0, 0.1) is 0 Å². The van der Waals surface area contributed by atoms with E-state index in [2.05, 4.69) is 30.6 Å². The Balaban J connectivity index is 1.64. The van der Waals surface area contributed by atoms with Gasteiger partial charge in [-0.3, -0.25) is 9.97 Å². The fourth-order valence-corrected chi connectivity index (χ4v) is 5.16. The first-order valence-corrected chi connectivity index (χ1v) is 13.9. The lowest BCUT2D eigenvalue weighted by molar-refractivity contribution is 0.343. The normalized spacial score (nSPS) is 10.8. The van der Waals surface area contributed by atoms with Gasteiger partial charge in [0.05, 0.1) is 77.6 Å². The largest absolute Gasteiger partial charge is 0.494 e. The second-order valence-electron chi connectivity index (χ2n) is 9.61. The van der Waals surface area contributed by atoms with Gasteiger partial charge in [-0.15, -0.1) is 10.2 Å². The van der Waals surface area contributed by atoms with E-state index in [0.29, 0.717) is 79.8 Å². The van der Waals surface area contributed by atoms with Gasteiger partial charge in [0.1, 0.15) is 22.8 Å². The van der Waals surface area contributed by atoms with E-state index < -0.39 is 0 Å². The van der Waals surface area contributed by atoms with Crippen LogP contribution >= 0.6 is 0 Å². The summed E-state index contributed by atoms with van der Waals surface area (Å²) >= 11 is 0. The Morgan fingerprint density at radius 1 is 0.478 bits per heavy atom. The molecule has 0 fully saturated rings. The maximum absolute atomic E-state index is 6.09. The van der Waals surface area contributed by atoms with E-state index in [-0.39, 0.29) is 0 Å². The highest BCUT2D eigenvalue weighted by Crippen LogP contribution is 2.57. The van der Waals surface area contributed by atoms with E-state index in [1.165, 1.54) is 14.2 Å². The van der Waals surface area contributed by atoms with Gasteiger partial charge in [-0.05, 0) is 24.3 Å². The molecule has 14 heteroatoms. The Hall–Kier alpha value is -6.18. The molecule has 4 heterocycles.